The van der Waals surface area contributed by atoms with Crippen molar-refractivity contribution >= 4 is 35.0 Å². The lowest BCUT2D eigenvalue weighted by Gasteiger charge is -2.04. The molecule has 0 bridgehead atoms. The van der Waals surface area contributed by atoms with Crippen LogP contribution in [0.25, 0.3) is 11.4 Å². The minimum absolute atomic E-state index is 0.563. The Morgan fingerprint density at radius 3 is 2.73 bits per heavy atom. The third kappa shape index (κ3) is 3.27. The van der Waals surface area contributed by atoms with Crippen LogP contribution in [0.3, 0.4) is 0 Å². The summed E-state index contributed by atoms with van der Waals surface area (Å²) in [6, 6.07) is 9.48. The molecular formula is C15H12Cl2N4S. The maximum absolute atomic E-state index is 6.03. The normalized spacial score (nSPS) is 10.9. The van der Waals surface area contributed by atoms with E-state index in [1.807, 2.05) is 35.9 Å². The Morgan fingerprint density at radius 1 is 1.14 bits per heavy atom. The van der Waals surface area contributed by atoms with Crippen molar-refractivity contribution in [1.29, 1.82) is 0 Å². The summed E-state index contributed by atoms with van der Waals surface area (Å²) in [5.74, 6) is 1.54. The molecular weight excluding hydrogens is 339 g/mol. The smallest absolute Gasteiger partial charge is 0.191 e. The summed E-state index contributed by atoms with van der Waals surface area (Å²) in [6.07, 6.45) is 3.51. The molecule has 3 aromatic rings. The Labute approximate surface area is 142 Å². The number of hydrogen-bond donors (Lipinski definition) is 0. The van der Waals surface area contributed by atoms with Crippen LogP contribution in [0.4, 0.5) is 0 Å². The lowest BCUT2D eigenvalue weighted by Crippen LogP contribution is -1.95. The van der Waals surface area contributed by atoms with E-state index in [0.717, 1.165) is 27.9 Å². The highest BCUT2D eigenvalue weighted by Gasteiger charge is 2.11. The molecule has 0 fully saturated rings. The van der Waals surface area contributed by atoms with E-state index in [0.29, 0.717) is 10.0 Å². The average molecular weight is 351 g/mol. The van der Waals surface area contributed by atoms with Gasteiger partial charge in [-0.15, -0.1) is 10.2 Å². The number of aromatic nitrogens is 4. The van der Waals surface area contributed by atoms with Crippen molar-refractivity contribution in [3.05, 3.63) is 58.3 Å². The van der Waals surface area contributed by atoms with Crippen LogP contribution >= 0.6 is 35.0 Å². The van der Waals surface area contributed by atoms with E-state index in [-0.39, 0.29) is 0 Å². The molecule has 0 unspecified atom stereocenters. The van der Waals surface area contributed by atoms with Crippen LogP contribution < -0.4 is 0 Å². The summed E-state index contributed by atoms with van der Waals surface area (Å²) < 4.78 is 1.96. The predicted molar refractivity (Wildman–Crippen MR) is 90.3 cm³/mol. The molecule has 2 heterocycles. The molecule has 0 N–H and O–H groups in total. The van der Waals surface area contributed by atoms with E-state index in [9.17, 15) is 0 Å². The summed E-state index contributed by atoms with van der Waals surface area (Å²) in [4.78, 5) is 4.11. The van der Waals surface area contributed by atoms with Crippen LogP contribution in [-0.4, -0.2) is 19.7 Å². The van der Waals surface area contributed by atoms with Gasteiger partial charge in [0.15, 0.2) is 11.0 Å². The molecule has 0 saturated carbocycles. The fourth-order valence-electron chi connectivity index (χ4n) is 1.96. The highest BCUT2D eigenvalue weighted by molar-refractivity contribution is 7.98. The Morgan fingerprint density at radius 2 is 2.00 bits per heavy atom. The first-order chi connectivity index (χ1) is 10.6. The number of rotatable bonds is 4. The molecule has 4 nitrogen and oxygen atoms in total. The molecule has 3 rings (SSSR count). The Kier molecular flexibility index (Phi) is 4.66. The highest BCUT2D eigenvalue weighted by Crippen LogP contribution is 2.28. The molecule has 2 aromatic heterocycles. The molecule has 112 valence electrons. The quantitative estimate of drug-likeness (QED) is 0.650. The van der Waals surface area contributed by atoms with Crippen molar-refractivity contribution in [3.63, 3.8) is 0 Å². The summed E-state index contributed by atoms with van der Waals surface area (Å²) in [7, 11) is 1.94. The summed E-state index contributed by atoms with van der Waals surface area (Å²) >= 11 is 13.6. The second-order valence-electron chi connectivity index (χ2n) is 4.64. The molecule has 1 aromatic carbocycles. The lowest BCUT2D eigenvalue weighted by atomic mass is 10.2. The van der Waals surface area contributed by atoms with E-state index in [1.165, 1.54) is 0 Å². The summed E-state index contributed by atoms with van der Waals surface area (Å²) in [5.41, 5.74) is 2.03. The Bertz CT molecular complexity index is 789. The van der Waals surface area contributed by atoms with Gasteiger partial charge in [0.05, 0.1) is 10.0 Å². The first-order valence-electron chi connectivity index (χ1n) is 6.51. The molecule has 0 radical (unpaired) electrons. The minimum atomic E-state index is 0.563. The predicted octanol–water partition coefficient (Wildman–Crippen LogP) is 4.48. The molecule has 0 aliphatic carbocycles. The molecule has 0 aliphatic heterocycles. The number of hydrogen-bond acceptors (Lipinski definition) is 4. The van der Waals surface area contributed by atoms with Gasteiger partial charge < -0.3 is 4.57 Å². The SMILES string of the molecule is Cn1c(SCc2ccc(Cl)c(Cl)c2)nnc1-c1cccnc1. The zero-order chi connectivity index (χ0) is 15.5. The molecule has 0 atom stereocenters. The number of thioether (sulfide) groups is 1. The fraction of sp³-hybridized carbons (Fsp3) is 0.133. The van der Waals surface area contributed by atoms with Crippen LogP contribution in [0.2, 0.25) is 10.0 Å². The third-order valence-electron chi connectivity index (χ3n) is 3.11. The molecule has 0 aliphatic rings. The van der Waals surface area contributed by atoms with Gasteiger partial charge in [-0.05, 0) is 29.8 Å². The first-order valence-corrected chi connectivity index (χ1v) is 8.26. The van der Waals surface area contributed by atoms with Gasteiger partial charge in [0.1, 0.15) is 0 Å². The number of halogens is 2. The molecule has 0 spiro atoms. The van der Waals surface area contributed by atoms with Crippen molar-refractivity contribution < 1.29 is 0 Å². The highest BCUT2D eigenvalue weighted by atomic mass is 35.5. The Hall–Kier alpha value is -1.56. The molecule has 0 amide bonds. The van der Waals surface area contributed by atoms with Crippen LogP contribution in [-0.2, 0) is 12.8 Å². The maximum atomic E-state index is 6.03. The zero-order valence-electron chi connectivity index (χ0n) is 11.7. The van der Waals surface area contributed by atoms with Gasteiger partial charge in [-0.1, -0.05) is 41.0 Å². The first kappa shape index (κ1) is 15.3. The molecule has 22 heavy (non-hydrogen) atoms. The largest absolute Gasteiger partial charge is 0.305 e. The van der Waals surface area contributed by atoms with Crippen molar-refractivity contribution in [2.75, 3.05) is 0 Å². The minimum Gasteiger partial charge on any atom is -0.305 e. The van der Waals surface area contributed by atoms with E-state index in [4.69, 9.17) is 23.2 Å². The van der Waals surface area contributed by atoms with Gasteiger partial charge in [-0.2, -0.15) is 0 Å². The van der Waals surface area contributed by atoms with E-state index < -0.39 is 0 Å². The second-order valence-corrected chi connectivity index (χ2v) is 6.40. The maximum Gasteiger partial charge on any atom is 0.191 e. The van der Waals surface area contributed by atoms with Crippen molar-refractivity contribution in [1.82, 2.24) is 19.7 Å². The van der Waals surface area contributed by atoms with E-state index >= 15 is 0 Å². The van der Waals surface area contributed by atoms with Gasteiger partial charge >= 0.3 is 0 Å². The second kappa shape index (κ2) is 6.69. The molecule has 7 heteroatoms. The van der Waals surface area contributed by atoms with E-state index in [2.05, 4.69) is 15.2 Å². The van der Waals surface area contributed by atoms with Gasteiger partial charge in [-0.3, -0.25) is 4.98 Å². The topological polar surface area (TPSA) is 43.6 Å². The summed E-state index contributed by atoms with van der Waals surface area (Å²) in [5, 5.41) is 10.4. The van der Waals surface area contributed by atoms with Crippen molar-refractivity contribution in [2.24, 2.45) is 7.05 Å². The van der Waals surface area contributed by atoms with Gasteiger partial charge in [0, 0.05) is 30.8 Å². The Balaban J connectivity index is 1.76. The van der Waals surface area contributed by atoms with Crippen LogP contribution in [0.1, 0.15) is 5.56 Å². The van der Waals surface area contributed by atoms with Gasteiger partial charge in [0.25, 0.3) is 0 Å². The number of benzene rings is 1. The summed E-state index contributed by atoms with van der Waals surface area (Å²) in [6.45, 7) is 0. The zero-order valence-corrected chi connectivity index (χ0v) is 14.0. The fourth-order valence-corrected chi connectivity index (χ4v) is 3.14. The number of nitrogens with zero attached hydrogens (tertiary/aromatic N) is 4. The lowest BCUT2D eigenvalue weighted by molar-refractivity contribution is 0.793. The van der Waals surface area contributed by atoms with Crippen LogP contribution in [0.5, 0.6) is 0 Å². The van der Waals surface area contributed by atoms with Gasteiger partial charge in [0.2, 0.25) is 0 Å². The third-order valence-corrected chi connectivity index (χ3v) is 4.94. The number of pyridine rings is 1. The monoisotopic (exact) mass is 350 g/mol. The van der Waals surface area contributed by atoms with Crippen LogP contribution in [0.15, 0.2) is 47.9 Å². The van der Waals surface area contributed by atoms with Crippen LogP contribution in [0, 0.1) is 0 Å². The van der Waals surface area contributed by atoms with Gasteiger partial charge in [-0.25, -0.2) is 0 Å². The van der Waals surface area contributed by atoms with E-state index in [1.54, 1.807) is 30.2 Å². The van der Waals surface area contributed by atoms with Crippen molar-refractivity contribution in [2.45, 2.75) is 10.9 Å². The molecule has 0 saturated heterocycles. The average Bonchev–Trinajstić information content (AvgIpc) is 2.90. The standard InChI is InChI=1S/C15H12Cl2N4S/c1-21-14(11-3-2-6-18-8-11)19-20-15(21)22-9-10-4-5-12(16)13(17)7-10/h2-8H,9H2,1H3. The van der Waals surface area contributed by atoms with Crippen molar-refractivity contribution in [3.8, 4) is 11.4 Å².